The Labute approximate surface area is 105 Å². The largest absolute Gasteiger partial charge is 0.467 e. The van der Waals surface area contributed by atoms with Crippen LogP contribution >= 0.6 is 0 Å². The molecule has 2 rings (SSSR count). The molecule has 0 bridgehead atoms. The molecule has 1 aromatic heterocycles. The van der Waals surface area contributed by atoms with E-state index in [1.807, 2.05) is 6.92 Å². The van der Waals surface area contributed by atoms with E-state index in [9.17, 15) is 9.18 Å². The van der Waals surface area contributed by atoms with Crippen LogP contribution in [0.15, 0.2) is 6.33 Å². The minimum absolute atomic E-state index is 0.203. The van der Waals surface area contributed by atoms with Gasteiger partial charge in [0, 0.05) is 6.54 Å². The molecule has 18 heavy (non-hydrogen) atoms. The molecule has 1 atom stereocenters. The van der Waals surface area contributed by atoms with Crippen LogP contribution in [0.3, 0.4) is 0 Å². The van der Waals surface area contributed by atoms with Crippen molar-refractivity contribution in [1.82, 2.24) is 9.97 Å². The number of aromatic nitrogens is 2. The molecule has 1 aliphatic rings. The second-order valence-corrected chi connectivity index (χ2v) is 4.19. The Bertz CT molecular complexity index is 453. The third-order valence-corrected chi connectivity index (χ3v) is 3.18. The van der Waals surface area contributed by atoms with E-state index in [1.54, 1.807) is 4.90 Å². The molecule has 0 amide bonds. The first-order valence-electron chi connectivity index (χ1n) is 6.02. The van der Waals surface area contributed by atoms with Crippen molar-refractivity contribution in [3.05, 3.63) is 17.8 Å². The molecule has 0 aromatic carbocycles. The third kappa shape index (κ3) is 2.14. The van der Waals surface area contributed by atoms with Crippen molar-refractivity contribution in [3.8, 4) is 0 Å². The maximum absolute atomic E-state index is 14.1. The maximum atomic E-state index is 14.1. The molecule has 0 N–H and O–H groups in total. The molecule has 6 heteroatoms. The van der Waals surface area contributed by atoms with Gasteiger partial charge < -0.3 is 9.64 Å². The van der Waals surface area contributed by atoms with E-state index in [-0.39, 0.29) is 11.8 Å². The van der Waals surface area contributed by atoms with E-state index in [0.29, 0.717) is 25.1 Å². The molecule has 0 spiro atoms. The first-order chi connectivity index (χ1) is 8.69. The molecule has 1 aromatic rings. The number of anilines is 1. The van der Waals surface area contributed by atoms with E-state index >= 15 is 0 Å². The number of hydrogen-bond acceptors (Lipinski definition) is 5. The summed E-state index contributed by atoms with van der Waals surface area (Å²) >= 11 is 0. The Morgan fingerprint density at radius 1 is 1.61 bits per heavy atom. The van der Waals surface area contributed by atoms with Gasteiger partial charge in [-0.3, -0.25) is 0 Å². The van der Waals surface area contributed by atoms with Gasteiger partial charge in [-0.05, 0) is 19.3 Å². The molecule has 0 saturated carbocycles. The summed E-state index contributed by atoms with van der Waals surface area (Å²) in [6.45, 7) is 2.44. The maximum Gasteiger partial charge on any atom is 0.328 e. The summed E-state index contributed by atoms with van der Waals surface area (Å²) in [5.74, 6) is -0.575. The smallest absolute Gasteiger partial charge is 0.328 e. The van der Waals surface area contributed by atoms with Gasteiger partial charge in [-0.2, -0.15) is 0 Å². The fraction of sp³-hybridized carbons (Fsp3) is 0.583. The van der Waals surface area contributed by atoms with Crippen molar-refractivity contribution in [2.45, 2.75) is 32.2 Å². The van der Waals surface area contributed by atoms with Crippen LogP contribution in [-0.2, 0) is 16.0 Å². The van der Waals surface area contributed by atoms with Crippen LogP contribution in [0.4, 0.5) is 10.2 Å². The van der Waals surface area contributed by atoms with Crippen LogP contribution in [0.2, 0.25) is 0 Å². The normalized spacial score (nSPS) is 19.1. The van der Waals surface area contributed by atoms with Crippen molar-refractivity contribution >= 4 is 11.8 Å². The van der Waals surface area contributed by atoms with Gasteiger partial charge in [0.25, 0.3) is 0 Å². The summed E-state index contributed by atoms with van der Waals surface area (Å²) in [6, 6.07) is -0.441. The van der Waals surface area contributed by atoms with Crippen molar-refractivity contribution < 1.29 is 13.9 Å². The number of rotatable bonds is 3. The lowest BCUT2D eigenvalue weighted by molar-refractivity contribution is -0.141. The molecule has 98 valence electrons. The minimum atomic E-state index is -0.441. The molecule has 1 aliphatic heterocycles. The number of nitrogens with zero attached hydrogens (tertiary/aromatic N) is 3. The van der Waals surface area contributed by atoms with Gasteiger partial charge in [-0.1, -0.05) is 6.92 Å². The molecular weight excluding hydrogens is 237 g/mol. The van der Waals surface area contributed by atoms with E-state index in [2.05, 4.69) is 9.97 Å². The summed E-state index contributed by atoms with van der Waals surface area (Å²) in [5.41, 5.74) is 0.371. The Morgan fingerprint density at radius 3 is 3.06 bits per heavy atom. The number of methoxy groups -OCH3 is 1. The van der Waals surface area contributed by atoms with Gasteiger partial charge in [-0.15, -0.1) is 0 Å². The summed E-state index contributed by atoms with van der Waals surface area (Å²) in [7, 11) is 1.34. The minimum Gasteiger partial charge on any atom is -0.467 e. The first-order valence-corrected chi connectivity index (χ1v) is 6.02. The molecular formula is C12H16FN3O2. The number of halogens is 1. The summed E-state index contributed by atoms with van der Waals surface area (Å²) < 4.78 is 18.9. The zero-order valence-electron chi connectivity index (χ0n) is 10.5. The van der Waals surface area contributed by atoms with Crippen molar-refractivity contribution in [2.24, 2.45) is 0 Å². The lowest BCUT2D eigenvalue weighted by Crippen LogP contribution is -2.38. The number of hydrogen-bond donors (Lipinski definition) is 0. The quantitative estimate of drug-likeness (QED) is 0.760. The van der Waals surface area contributed by atoms with Gasteiger partial charge >= 0.3 is 5.97 Å². The highest BCUT2D eigenvalue weighted by Crippen LogP contribution is 2.27. The number of esters is 1. The van der Waals surface area contributed by atoms with Crippen LogP contribution in [0.5, 0.6) is 0 Å². The second-order valence-electron chi connectivity index (χ2n) is 4.19. The van der Waals surface area contributed by atoms with E-state index < -0.39 is 11.9 Å². The van der Waals surface area contributed by atoms with Crippen molar-refractivity contribution in [1.29, 1.82) is 0 Å². The van der Waals surface area contributed by atoms with E-state index in [0.717, 1.165) is 6.42 Å². The summed E-state index contributed by atoms with van der Waals surface area (Å²) in [4.78, 5) is 21.2. The Kier molecular flexibility index (Phi) is 3.74. The summed E-state index contributed by atoms with van der Waals surface area (Å²) in [6.07, 6.45) is 3.32. The van der Waals surface area contributed by atoms with Crippen LogP contribution in [0.25, 0.3) is 0 Å². The highest BCUT2D eigenvalue weighted by Gasteiger charge is 2.34. The van der Waals surface area contributed by atoms with Crippen molar-refractivity contribution in [2.75, 3.05) is 18.6 Å². The van der Waals surface area contributed by atoms with Crippen LogP contribution in [-0.4, -0.2) is 35.6 Å². The first kappa shape index (κ1) is 12.7. The second kappa shape index (κ2) is 5.29. The van der Waals surface area contributed by atoms with E-state index in [1.165, 1.54) is 13.4 Å². The number of carbonyl (C=O) groups is 1. The van der Waals surface area contributed by atoms with Gasteiger partial charge in [0.1, 0.15) is 12.4 Å². The highest BCUT2D eigenvalue weighted by molar-refractivity contribution is 5.80. The van der Waals surface area contributed by atoms with Crippen LogP contribution in [0.1, 0.15) is 25.5 Å². The Morgan fingerprint density at radius 2 is 2.39 bits per heavy atom. The molecule has 1 fully saturated rings. The Balaban J connectivity index is 2.33. The zero-order chi connectivity index (χ0) is 13.1. The molecule has 2 heterocycles. The predicted molar refractivity (Wildman–Crippen MR) is 63.8 cm³/mol. The van der Waals surface area contributed by atoms with Gasteiger partial charge in [-0.25, -0.2) is 19.2 Å². The van der Waals surface area contributed by atoms with Gasteiger partial charge in [0.2, 0.25) is 0 Å². The lowest BCUT2D eigenvalue weighted by Gasteiger charge is -2.24. The van der Waals surface area contributed by atoms with Crippen LogP contribution < -0.4 is 4.90 Å². The highest BCUT2D eigenvalue weighted by atomic mass is 19.1. The molecule has 0 radical (unpaired) electrons. The number of carbonyl (C=O) groups excluding carboxylic acids is 1. The number of aryl methyl sites for hydroxylation is 1. The van der Waals surface area contributed by atoms with Crippen molar-refractivity contribution in [3.63, 3.8) is 0 Å². The Hall–Kier alpha value is -1.72. The fourth-order valence-electron chi connectivity index (χ4n) is 2.24. The average Bonchev–Trinajstić information content (AvgIpc) is 2.87. The standard InChI is InChI=1S/C12H16FN3O2/c1-3-8-10(13)11(15-7-14-8)16-6-4-5-9(16)12(17)18-2/h7,9H,3-6H2,1-2H3/t9-/m0/s1. The van der Waals surface area contributed by atoms with Gasteiger partial charge in [0.05, 0.1) is 12.8 Å². The predicted octanol–water partition coefficient (Wildman–Crippen LogP) is 1.32. The topological polar surface area (TPSA) is 55.3 Å². The SMILES string of the molecule is CCc1ncnc(N2CCC[C@H]2C(=O)OC)c1F. The van der Waals surface area contributed by atoms with E-state index in [4.69, 9.17) is 4.74 Å². The van der Waals surface area contributed by atoms with Gasteiger partial charge in [0.15, 0.2) is 11.6 Å². The monoisotopic (exact) mass is 253 g/mol. The molecule has 5 nitrogen and oxygen atoms in total. The average molecular weight is 253 g/mol. The fourth-order valence-corrected chi connectivity index (χ4v) is 2.24. The van der Waals surface area contributed by atoms with Crippen LogP contribution in [0, 0.1) is 5.82 Å². The third-order valence-electron chi connectivity index (χ3n) is 3.18. The molecule has 0 aliphatic carbocycles. The lowest BCUT2D eigenvalue weighted by atomic mass is 10.2. The summed E-state index contributed by atoms with van der Waals surface area (Å²) in [5, 5.41) is 0. The molecule has 1 saturated heterocycles. The molecule has 0 unspecified atom stereocenters. The number of ether oxygens (including phenoxy) is 1. The zero-order valence-corrected chi connectivity index (χ0v) is 10.5.